The Labute approximate surface area is 98.0 Å². The lowest BCUT2D eigenvalue weighted by molar-refractivity contribution is 0.319. The average Bonchev–Trinajstić information content (AvgIpc) is 2.34. The van der Waals surface area contributed by atoms with Gasteiger partial charge in [-0.1, -0.05) is 35.0 Å². The van der Waals surface area contributed by atoms with Crippen LogP contribution in [0.1, 0.15) is 11.1 Å². The number of benzene rings is 1. The van der Waals surface area contributed by atoms with E-state index < -0.39 is 0 Å². The van der Waals surface area contributed by atoms with Crippen molar-refractivity contribution in [3.05, 3.63) is 64.9 Å². The zero-order valence-electron chi connectivity index (χ0n) is 8.34. The summed E-state index contributed by atoms with van der Waals surface area (Å²) in [6.45, 7) is 0. The highest BCUT2D eigenvalue weighted by molar-refractivity contribution is 6.35. The maximum atomic E-state index is 9.06. The average molecular weight is 233 g/mol. The van der Waals surface area contributed by atoms with Gasteiger partial charge in [0.25, 0.3) is 0 Å². The van der Waals surface area contributed by atoms with Gasteiger partial charge >= 0.3 is 0 Å². The third-order valence-corrected chi connectivity index (χ3v) is 2.49. The molecule has 80 valence electrons. The molecule has 0 fully saturated rings. The van der Waals surface area contributed by atoms with E-state index in [1.54, 1.807) is 30.6 Å². The zero-order chi connectivity index (χ0) is 11.4. The second-order valence-corrected chi connectivity index (χ2v) is 3.58. The van der Waals surface area contributed by atoms with Crippen LogP contribution in [0.5, 0.6) is 0 Å². The summed E-state index contributed by atoms with van der Waals surface area (Å²) in [5.41, 5.74) is 1.82. The minimum absolute atomic E-state index is 0.415. The van der Waals surface area contributed by atoms with Crippen molar-refractivity contribution in [3.8, 4) is 0 Å². The normalized spacial score (nSPS) is 11.4. The summed E-state index contributed by atoms with van der Waals surface area (Å²) in [6.07, 6.45) is 3.28. The number of oxime groups is 1. The van der Waals surface area contributed by atoms with Gasteiger partial charge in [0.2, 0.25) is 0 Å². The van der Waals surface area contributed by atoms with Crippen LogP contribution in [-0.4, -0.2) is 15.9 Å². The molecule has 2 rings (SSSR count). The van der Waals surface area contributed by atoms with Gasteiger partial charge in [-0.05, 0) is 18.2 Å². The van der Waals surface area contributed by atoms with Gasteiger partial charge in [-0.3, -0.25) is 4.98 Å². The molecule has 1 aromatic carbocycles. The highest BCUT2D eigenvalue weighted by Gasteiger charge is 2.10. The molecule has 0 radical (unpaired) electrons. The molecule has 4 heteroatoms. The topological polar surface area (TPSA) is 45.5 Å². The number of nitrogens with zero attached hydrogens (tertiary/aromatic N) is 2. The molecule has 0 saturated carbocycles. The molecule has 0 amide bonds. The van der Waals surface area contributed by atoms with E-state index in [2.05, 4.69) is 10.1 Å². The number of hydrogen-bond donors (Lipinski definition) is 1. The van der Waals surface area contributed by atoms with Crippen LogP contribution < -0.4 is 0 Å². The van der Waals surface area contributed by atoms with Crippen molar-refractivity contribution in [2.75, 3.05) is 0 Å². The van der Waals surface area contributed by atoms with Gasteiger partial charge < -0.3 is 5.21 Å². The van der Waals surface area contributed by atoms with Crippen LogP contribution in [0.3, 0.4) is 0 Å². The number of hydrogen-bond acceptors (Lipinski definition) is 3. The van der Waals surface area contributed by atoms with Crippen LogP contribution in [-0.2, 0) is 0 Å². The van der Waals surface area contributed by atoms with E-state index in [1.165, 1.54) is 0 Å². The Bertz CT molecular complexity index is 511. The lowest BCUT2D eigenvalue weighted by Gasteiger charge is -2.05. The van der Waals surface area contributed by atoms with Crippen molar-refractivity contribution in [1.29, 1.82) is 0 Å². The second kappa shape index (κ2) is 4.77. The van der Waals surface area contributed by atoms with Gasteiger partial charge in [0.05, 0.1) is 5.02 Å². The van der Waals surface area contributed by atoms with Gasteiger partial charge in [0.1, 0.15) is 5.71 Å². The fourth-order valence-electron chi connectivity index (χ4n) is 1.42. The molecule has 1 aromatic heterocycles. The third-order valence-electron chi connectivity index (χ3n) is 2.16. The molecule has 1 N–H and O–H groups in total. The summed E-state index contributed by atoms with van der Waals surface area (Å²) < 4.78 is 0. The summed E-state index contributed by atoms with van der Waals surface area (Å²) in [5, 5.41) is 12.9. The Balaban J connectivity index is 2.51. The Morgan fingerprint density at radius 1 is 1.19 bits per heavy atom. The van der Waals surface area contributed by atoms with Crippen molar-refractivity contribution in [1.82, 2.24) is 4.98 Å². The minimum atomic E-state index is 0.415. The van der Waals surface area contributed by atoms with Crippen molar-refractivity contribution in [3.63, 3.8) is 0 Å². The van der Waals surface area contributed by atoms with Crippen LogP contribution in [0, 0.1) is 0 Å². The summed E-state index contributed by atoms with van der Waals surface area (Å²) in [6, 6.07) is 10.8. The molecule has 0 unspecified atom stereocenters. The van der Waals surface area contributed by atoms with Crippen LogP contribution in [0.4, 0.5) is 0 Å². The van der Waals surface area contributed by atoms with Crippen molar-refractivity contribution in [2.24, 2.45) is 5.16 Å². The van der Waals surface area contributed by atoms with E-state index in [9.17, 15) is 0 Å². The summed E-state index contributed by atoms with van der Waals surface area (Å²) in [7, 11) is 0. The highest BCUT2D eigenvalue weighted by atomic mass is 35.5. The van der Waals surface area contributed by atoms with Crippen LogP contribution in [0.25, 0.3) is 0 Å². The van der Waals surface area contributed by atoms with Crippen molar-refractivity contribution >= 4 is 17.3 Å². The third kappa shape index (κ3) is 2.04. The van der Waals surface area contributed by atoms with E-state index in [4.69, 9.17) is 16.8 Å². The molecular formula is C12H9ClN2O. The molecule has 0 atom stereocenters. The minimum Gasteiger partial charge on any atom is -0.410 e. The number of halogens is 1. The predicted octanol–water partition coefficient (Wildman–Crippen LogP) is 2.96. The molecule has 3 nitrogen and oxygen atoms in total. The number of aromatic nitrogens is 1. The van der Waals surface area contributed by atoms with Crippen molar-refractivity contribution < 1.29 is 5.21 Å². The molecule has 0 aliphatic carbocycles. The summed E-state index contributed by atoms with van der Waals surface area (Å²) in [4.78, 5) is 3.97. The lowest BCUT2D eigenvalue weighted by Crippen LogP contribution is -2.04. The Morgan fingerprint density at radius 3 is 2.62 bits per heavy atom. The monoisotopic (exact) mass is 232 g/mol. The van der Waals surface area contributed by atoms with Gasteiger partial charge in [-0.15, -0.1) is 0 Å². The van der Waals surface area contributed by atoms with Crippen LogP contribution >= 0.6 is 11.6 Å². The van der Waals surface area contributed by atoms with Gasteiger partial charge in [-0.25, -0.2) is 0 Å². The molecule has 2 aromatic rings. The largest absolute Gasteiger partial charge is 0.410 e. The maximum absolute atomic E-state index is 9.06. The highest BCUT2D eigenvalue weighted by Crippen LogP contribution is 2.19. The second-order valence-electron chi connectivity index (χ2n) is 3.17. The standard InChI is InChI=1S/C12H9ClN2O/c13-11-6-2-1-5-10(11)12(15-16)9-4-3-7-14-8-9/h1-8,16H/b15-12-. The first-order valence-electron chi connectivity index (χ1n) is 4.70. The quantitative estimate of drug-likeness (QED) is 0.492. The molecule has 0 saturated heterocycles. The Kier molecular flexibility index (Phi) is 3.17. The first kappa shape index (κ1) is 10.6. The molecule has 0 aliphatic rings. The fourth-order valence-corrected chi connectivity index (χ4v) is 1.65. The SMILES string of the molecule is O/N=C(/c1cccnc1)c1ccccc1Cl. The molecular weight excluding hydrogens is 224 g/mol. The smallest absolute Gasteiger partial charge is 0.120 e. The number of pyridine rings is 1. The van der Waals surface area contributed by atoms with Crippen LogP contribution in [0.15, 0.2) is 53.9 Å². The molecule has 0 spiro atoms. The van der Waals surface area contributed by atoms with E-state index >= 15 is 0 Å². The summed E-state index contributed by atoms with van der Waals surface area (Å²) in [5.74, 6) is 0. The van der Waals surface area contributed by atoms with Gasteiger partial charge in [0, 0.05) is 23.5 Å². The molecule has 16 heavy (non-hydrogen) atoms. The molecule has 0 aliphatic heterocycles. The van der Waals surface area contributed by atoms with E-state index in [-0.39, 0.29) is 0 Å². The van der Waals surface area contributed by atoms with Crippen molar-refractivity contribution in [2.45, 2.75) is 0 Å². The Hall–Kier alpha value is -1.87. The fraction of sp³-hybridized carbons (Fsp3) is 0. The first-order chi connectivity index (χ1) is 7.83. The van der Waals surface area contributed by atoms with E-state index in [0.717, 1.165) is 5.56 Å². The maximum Gasteiger partial charge on any atom is 0.120 e. The van der Waals surface area contributed by atoms with E-state index in [1.807, 2.05) is 18.2 Å². The van der Waals surface area contributed by atoms with Gasteiger partial charge in [-0.2, -0.15) is 0 Å². The zero-order valence-corrected chi connectivity index (χ0v) is 9.09. The van der Waals surface area contributed by atoms with E-state index in [0.29, 0.717) is 16.3 Å². The summed E-state index contributed by atoms with van der Waals surface area (Å²) >= 11 is 6.04. The van der Waals surface area contributed by atoms with Gasteiger partial charge in [0.15, 0.2) is 0 Å². The molecule has 1 heterocycles. The number of rotatable bonds is 2. The first-order valence-corrected chi connectivity index (χ1v) is 5.08. The predicted molar refractivity (Wildman–Crippen MR) is 63.1 cm³/mol. The molecule has 0 bridgehead atoms. The lowest BCUT2D eigenvalue weighted by atomic mass is 10.0. The van der Waals surface area contributed by atoms with Crippen LogP contribution in [0.2, 0.25) is 5.02 Å². The Morgan fingerprint density at radius 2 is 2.00 bits per heavy atom.